The highest BCUT2D eigenvalue weighted by atomic mass is 32.2. The number of sulfonamides is 1. The molecule has 2 aliphatic heterocycles. The minimum Gasteiger partial charge on any atom is -0.480 e. The van der Waals surface area contributed by atoms with Gasteiger partial charge >= 0.3 is 0 Å². The summed E-state index contributed by atoms with van der Waals surface area (Å²) >= 11 is 0. The molecular weight excluding hydrogens is 597 g/mol. The molecule has 0 atom stereocenters. The van der Waals surface area contributed by atoms with Crippen molar-refractivity contribution < 1.29 is 37.0 Å². The fourth-order valence-electron chi connectivity index (χ4n) is 5.37. The Morgan fingerprint density at radius 2 is 1.91 bits per heavy atom. The Hall–Kier alpha value is -3.70. The number of aromatic nitrogens is 3. The second kappa shape index (κ2) is 13.9. The van der Waals surface area contributed by atoms with E-state index in [0.29, 0.717) is 79.6 Å². The van der Waals surface area contributed by atoms with Gasteiger partial charge in [0.2, 0.25) is 27.8 Å². The lowest BCUT2D eigenvalue weighted by Crippen LogP contribution is -2.38. The Kier molecular flexibility index (Phi) is 10.1. The van der Waals surface area contributed by atoms with Crippen LogP contribution >= 0.6 is 0 Å². The number of piperidine rings is 1. The van der Waals surface area contributed by atoms with Gasteiger partial charge in [0.25, 0.3) is 0 Å². The molecule has 44 heavy (non-hydrogen) atoms. The van der Waals surface area contributed by atoms with Crippen LogP contribution in [0, 0.1) is 5.82 Å². The van der Waals surface area contributed by atoms with Gasteiger partial charge in [0.05, 0.1) is 56.9 Å². The zero-order chi connectivity index (χ0) is 31.3. The number of morpholine rings is 1. The third-order valence-electron chi connectivity index (χ3n) is 7.48. The number of rotatable bonds is 11. The number of ether oxygens (including phenoxy) is 3. The molecule has 238 valence electrons. The number of nitrogens with one attached hydrogen (secondary N) is 2. The molecule has 0 saturated carbocycles. The van der Waals surface area contributed by atoms with Crippen molar-refractivity contribution in [1.82, 2.24) is 25.3 Å². The number of fused-ring (bicyclic) bond motifs is 1. The van der Waals surface area contributed by atoms with Gasteiger partial charge < -0.3 is 19.1 Å². The number of hydrogen-bond acceptors (Lipinski definition) is 12. The average Bonchev–Trinajstić information content (AvgIpc) is 3.01. The molecule has 0 spiro atoms. The van der Waals surface area contributed by atoms with E-state index in [2.05, 4.69) is 14.6 Å². The molecule has 3 N–H and O–H groups in total. The zero-order valence-electron chi connectivity index (χ0n) is 24.6. The van der Waals surface area contributed by atoms with Crippen molar-refractivity contribution in [3.63, 3.8) is 0 Å². The maximum Gasteiger partial charge on any atom is 0.245 e. The number of benzene rings is 1. The number of anilines is 2. The van der Waals surface area contributed by atoms with Crippen LogP contribution in [-0.2, 0) is 30.8 Å². The van der Waals surface area contributed by atoms with E-state index < -0.39 is 21.7 Å². The topological polar surface area (TPSA) is 168 Å². The lowest BCUT2D eigenvalue weighted by Gasteiger charge is -2.32. The largest absolute Gasteiger partial charge is 0.480 e. The van der Waals surface area contributed by atoms with Crippen molar-refractivity contribution >= 4 is 38.5 Å². The molecule has 5 rings (SSSR count). The van der Waals surface area contributed by atoms with Crippen LogP contribution in [0.3, 0.4) is 0 Å². The Bertz CT molecular complexity index is 1600. The molecule has 2 aromatic heterocycles. The van der Waals surface area contributed by atoms with Crippen LogP contribution in [-0.4, -0.2) is 105 Å². The maximum absolute atomic E-state index is 15.2. The van der Waals surface area contributed by atoms with E-state index in [-0.39, 0.29) is 30.7 Å². The summed E-state index contributed by atoms with van der Waals surface area (Å²) in [5, 5.41) is 9.12. The quantitative estimate of drug-likeness (QED) is 0.208. The number of nitrogens with zero attached hydrogens (tertiary/aromatic N) is 5. The maximum atomic E-state index is 15.2. The number of hydrogen-bond donors (Lipinski definition) is 3. The monoisotopic (exact) mass is 633 g/mol. The van der Waals surface area contributed by atoms with Gasteiger partial charge in [-0.1, -0.05) is 0 Å². The Morgan fingerprint density at radius 3 is 2.59 bits per heavy atom. The van der Waals surface area contributed by atoms with E-state index in [1.54, 1.807) is 11.5 Å². The minimum absolute atomic E-state index is 0.0128. The van der Waals surface area contributed by atoms with Crippen LogP contribution in [0.4, 0.5) is 16.0 Å². The smallest absolute Gasteiger partial charge is 0.245 e. The van der Waals surface area contributed by atoms with Crippen LogP contribution in [0.25, 0.3) is 22.2 Å². The van der Waals surface area contributed by atoms with Crippen molar-refractivity contribution in [2.75, 3.05) is 69.0 Å². The van der Waals surface area contributed by atoms with Gasteiger partial charge in [-0.05, 0) is 36.6 Å². The van der Waals surface area contributed by atoms with Gasteiger partial charge in [-0.3, -0.25) is 19.6 Å². The molecule has 0 radical (unpaired) electrons. The predicted octanol–water partition coefficient (Wildman–Crippen LogP) is 1.92. The first-order valence-corrected chi connectivity index (χ1v) is 16.1. The number of carbonyl (C=O) groups is 1. The van der Waals surface area contributed by atoms with E-state index in [1.165, 1.54) is 25.4 Å². The first kappa shape index (κ1) is 31.7. The molecule has 2 saturated heterocycles. The molecule has 2 aliphatic rings. The molecule has 1 amide bonds. The van der Waals surface area contributed by atoms with E-state index in [4.69, 9.17) is 29.4 Å². The van der Waals surface area contributed by atoms with Crippen molar-refractivity contribution in [2.45, 2.75) is 31.9 Å². The van der Waals surface area contributed by atoms with Gasteiger partial charge in [0.15, 0.2) is 0 Å². The molecule has 2 fully saturated rings. The summed E-state index contributed by atoms with van der Waals surface area (Å²) in [4.78, 5) is 29.5. The van der Waals surface area contributed by atoms with Gasteiger partial charge in [-0.15, -0.1) is 0 Å². The fourth-order valence-corrected chi connectivity index (χ4v) is 5.91. The highest BCUT2D eigenvalue weighted by Gasteiger charge is 2.24. The Morgan fingerprint density at radius 1 is 1.16 bits per heavy atom. The Balaban J connectivity index is 1.49. The highest BCUT2D eigenvalue weighted by molar-refractivity contribution is 7.92. The summed E-state index contributed by atoms with van der Waals surface area (Å²) < 4.78 is 58.3. The standard InChI is InChI=1S/C28H36FN7O7S/c1-41-27-23(34-44(2,39)40)14-18(16-30-27)25-22-15-20(29)13-19(26(22)32-28(31-25)36-8-11-42-12-9-36)17-35-6-3-21(4-7-35)43-10-5-24(37)33-38/h13-16,21,34,38H,3-12,17H2,1-2H3,(H,33,37). The summed E-state index contributed by atoms with van der Waals surface area (Å²) in [6, 6.07) is 4.44. The number of hydroxylamine groups is 1. The predicted molar refractivity (Wildman–Crippen MR) is 160 cm³/mol. The number of likely N-dealkylation sites (tertiary alicyclic amines) is 1. The van der Waals surface area contributed by atoms with Gasteiger partial charge in [0.1, 0.15) is 11.5 Å². The number of halogens is 1. The summed E-state index contributed by atoms with van der Waals surface area (Å²) in [6.07, 6.45) is 4.08. The fraction of sp³-hybridized carbons (Fsp3) is 0.500. The lowest BCUT2D eigenvalue weighted by molar-refractivity contribution is -0.131. The van der Waals surface area contributed by atoms with Crippen molar-refractivity contribution in [3.8, 4) is 17.1 Å². The van der Waals surface area contributed by atoms with Crippen molar-refractivity contribution in [2.24, 2.45) is 0 Å². The molecule has 3 aromatic rings. The second-order valence-electron chi connectivity index (χ2n) is 10.7. The molecule has 14 nitrogen and oxygen atoms in total. The summed E-state index contributed by atoms with van der Waals surface area (Å²) in [5.41, 5.74) is 3.87. The third-order valence-corrected chi connectivity index (χ3v) is 8.07. The molecule has 16 heteroatoms. The molecule has 4 heterocycles. The lowest BCUT2D eigenvalue weighted by atomic mass is 10.0. The van der Waals surface area contributed by atoms with Crippen molar-refractivity contribution in [3.05, 3.63) is 35.8 Å². The number of methoxy groups -OCH3 is 1. The van der Waals surface area contributed by atoms with Crippen LogP contribution in [0.5, 0.6) is 5.88 Å². The van der Waals surface area contributed by atoms with Gasteiger partial charge in [-0.2, -0.15) is 0 Å². The van der Waals surface area contributed by atoms with Crippen LogP contribution in [0.2, 0.25) is 0 Å². The SMILES string of the molecule is COc1ncc(-c2nc(N3CCOCC3)nc3c(CN4CCC(OCCC(=O)NO)CC4)cc(F)cc23)cc1NS(C)(=O)=O. The number of amides is 1. The third kappa shape index (κ3) is 7.87. The van der Waals surface area contributed by atoms with E-state index in [1.807, 2.05) is 4.90 Å². The average molecular weight is 634 g/mol. The van der Waals surface area contributed by atoms with E-state index in [0.717, 1.165) is 19.1 Å². The molecule has 0 bridgehead atoms. The van der Waals surface area contributed by atoms with Crippen LogP contribution < -0.4 is 19.8 Å². The summed E-state index contributed by atoms with van der Waals surface area (Å²) in [6.45, 7) is 4.25. The first-order valence-electron chi connectivity index (χ1n) is 14.3. The van der Waals surface area contributed by atoms with Gasteiger partial charge in [0, 0.05) is 49.9 Å². The molecule has 0 aliphatic carbocycles. The second-order valence-corrected chi connectivity index (χ2v) is 12.5. The minimum atomic E-state index is -3.65. The molecular formula is C28H36FN7O7S. The van der Waals surface area contributed by atoms with Crippen molar-refractivity contribution in [1.29, 1.82) is 0 Å². The zero-order valence-corrected chi connectivity index (χ0v) is 25.4. The first-order chi connectivity index (χ1) is 21.1. The van der Waals surface area contributed by atoms with Crippen LogP contribution in [0.1, 0.15) is 24.8 Å². The summed E-state index contributed by atoms with van der Waals surface area (Å²) in [5.74, 6) is -0.405. The highest BCUT2D eigenvalue weighted by Crippen LogP contribution is 2.35. The van der Waals surface area contributed by atoms with Gasteiger partial charge in [-0.25, -0.2) is 33.2 Å². The summed E-state index contributed by atoms with van der Waals surface area (Å²) in [7, 11) is -2.26. The Labute approximate surface area is 254 Å². The molecule has 1 aromatic carbocycles. The number of pyridine rings is 1. The molecule has 0 unspecified atom stereocenters. The van der Waals surface area contributed by atoms with Crippen LogP contribution in [0.15, 0.2) is 24.4 Å². The van der Waals surface area contributed by atoms with E-state index >= 15 is 4.39 Å². The van der Waals surface area contributed by atoms with E-state index in [9.17, 15) is 13.2 Å². The normalized spacial score (nSPS) is 16.7. The number of carbonyl (C=O) groups excluding carboxylic acids is 1.